The monoisotopic (exact) mass is 416 g/mol. The number of likely N-dealkylation sites (tertiary alicyclic amines) is 1. The van der Waals surface area contributed by atoms with Crippen LogP contribution in [-0.4, -0.2) is 75.3 Å². The molecule has 0 saturated carbocycles. The molecule has 0 aliphatic carbocycles. The smallest absolute Gasteiger partial charge is 0.254 e. The van der Waals surface area contributed by atoms with E-state index in [0.717, 1.165) is 17.1 Å². The number of rotatable bonds is 5. The molecule has 3 rings (SSSR count). The van der Waals surface area contributed by atoms with E-state index in [1.165, 1.54) is 12.1 Å². The standard InChI is InChI=1S/C17H24N4O4S.ClH/c1-18-11-14-5-3-8-21(14)17(23)13-4-2-6-15(10-13)26(24,25)20-9-7-19-16(22)12-20;/h2,4,6,10,14,18H,3,5,7-9,11-12H2,1H3,(H,19,22);1H. The van der Waals surface area contributed by atoms with Gasteiger partial charge in [0, 0.05) is 37.8 Å². The van der Waals surface area contributed by atoms with Crippen LogP contribution in [0.3, 0.4) is 0 Å². The molecule has 150 valence electrons. The highest BCUT2D eigenvalue weighted by molar-refractivity contribution is 7.89. The van der Waals surface area contributed by atoms with E-state index in [-0.39, 0.29) is 54.8 Å². The van der Waals surface area contributed by atoms with Crippen LogP contribution in [0.25, 0.3) is 0 Å². The number of amides is 2. The van der Waals surface area contributed by atoms with Crippen molar-refractivity contribution < 1.29 is 18.0 Å². The van der Waals surface area contributed by atoms with E-state index in [1.54, 1.807) is 17.0 Å². The molecule has 8 nitrogen and oxygen atoms in total. The molecule has 2 heterocycles. The summed E-state index contributed by atoms with van der Waals surface area (Å²) < 4.78 is 26.8. The van der Waals surface area contributed by atoms with E-state index < -0.39 is 10.0 Å². The van der Waals surface area contributed by atoms with Crippen LogP contribution in [0.2, 0.25) is 0 Å². The highest BCUT2D eigenvalue weighted by Gasteiger charge is 2.32. The van der Waals surface area contributed by atoms with Gasteiger partial charge >= 0.3 is 0 Å². The molecule has 0 spiro atoms. The van der Waals surface area contributed by atoms with Gasteiger partial charge in [-0.25, -0.2) is 8.42 Å². The van der Waals surface area contributed by atoms with Gasteiger partial charge in [-0.1, -0.05) is 6.07 Å². The number of hydrogen-bond donors (Lipinski definition) is 2. The second-order valence-corrected chi connectivity index (χ2v) is 8.51. The summed E-state index contributed by atoms with van der Waals surface area (Å²) in [7, 11) is -1.96. The molecule has 10 heteroatoms. The van der Waals surface area contributed by atoms with Crippen molar-refractivity contribution in [3.8, 4) is 0 Å². The molecule has 27 heavy (non-hydrogen) atoms. The minimum Gasteiger partial charge on any atom is -0.354 e. The Morgan fingerprint density at radius 2 is 2.11 bits per heavy atom. The summed E-state index contributed by atoms with van der Waals surface area (Å²) in [5, 5.41) is 5.70. The Morgan fingerprint density at radius 3 is 2.81 bits per heavy atom. The summed E-state index contributed by atoms with van der Waals surface area (Å²) in [4.78, 5) is 26.2. The minimum atomic E-state index is -3.81. The first kappa shape index (κ1) is 21.6. The van der Waals surface area contributed by atoms with Crippen molar-refractivity contribution in [3.05, 3.63) is 29.8 Å². The predicted molar refractivity (Wildman–Crippen MR) is 103 cm³/mol. The van der Waals surface area contributed by atoms with Gasteiger partial charge in [0.2, 0.25) is 15.9 Å². The van der Waals surface area contributed by atoms with Crippen LogP contribution >= 0.6 is 12.4 Å². The summed E-state index contributed by atoms with van der Waals surface area (Å²) in [6.45, 7) is 1.71. The van der Waals surface area contributed by atoms with Gasteiger partial charge in [0.25, 0.3) is 5.91 Å². The molecule has 2 aliphatic rings. The van der Waals surface area contributed by atoms with Gasteiger partial charge in [0.15, 0.2) is 0 Å². The quantitative estimate of drug-likeness (QED) is 0.706. The molecular formula is C17H25ClN4O4S. The van der Waals surface area contributed by atoms with Gasteiger partial charge < -0.3 is 15.5 Å². The van der Waals surface area contributed by atoms with Gasteiger partial charge in [-0.15, -0.1) is 12.4 Å². The number of likely N-dealkylation sites (N-methyl/N-ethyl adjacent to an activating group) is 1. The van der Waals surface area contributed by atoms with E-state index >= 15 is 0 Å². The van der Waals surface area contributed by atoms with Crippen molar-refractivity contribution in [2.24, 2.45) is 0 Å². The van der Waals surface area contributed by atoms with Crippen molar-refractivity contribution in [2.75, 3.05) is 39.8 Å². The first-order chi connectivity index (χ1) is 12.4. The maximum absolute atomic E-state index is 12.9. The van der Waals surface area contributed by atoms with Crippen LogP contribution in [-0.2, 0) is 14.8 Å². The van der Waals surface area contributed by atoms with Crippen molar-refractivity contribution in [3.63, 3.8) is 0 Å². The van der Waals surface area contributed by atoms with Crippen LogP contribution in [0.5, 0.6) is 0 Å². The normalized spacial score (nSPS) is 20.9. The summed E-state index contributed by atoms with van der Waals surface area (Å²) in [6, 6.07) is 6.22. The van der Waals surface area contributed by atoms with E-state index in [4.69, 9.17) is 0 Å². The summed E-state index contributed by atoms with van der Waals surface area (Å²) >= 11 is 0. The van der Waals surface area contributed by atoms with Crippen molar-refractivity contribution in [1.82, 2.24) is 19.8 Å². The van der Waals surface area contributed by atoms with Gasteiger partial charge in [-0.3, -0.25) is 9.59 Å². The molecule has 1 atom stereocenters. The molecule has 2 N–H and O–H groups in total. The SMILES string of the molecule is CNCC1CCCN1C(=O)c1cccc(S(=O)(=O)N2CCNC(=O)C2)c1.Cl. The summed E-state index contributed by atoms with van der Waals surface area (Å²) in [5.41, 5.74) is 0.357. The zero-order valence-electron chi connectivity index (χ0n) is 15.2. The fraction of sp³-hybridized carbons (Fsp3) is 0.529. The molecule has 1 unspecified atom stereocenters. The predicted octanol–water partition coefficient (Wildman–Crippen LogP) is 0.0529. The molecule has 0 bridgehead atoms. The van der Waals surface area contributed by atoms with E-state index in [2.05, 4.69) is 10.6 Å². The Bertz CT molecular complexity index is 802. The number of sulfonamides is 1. The Hall–Kier alpha value is -1.68. The summed E-state index contributed by atoms with van der Waals surface area (Å²) in [6.07, 6.45) is 1.88. The summed E-state index contributed by atoms with van der Waals surface area (Å²) in [5.74, 6) is -0.477. The Morgan fingerprint density at radius 1 is 1.33 bits per heavy atom. The van der Waals surface area contributed by atoms with Gasteiger partial charge in [0.05, 0.1) is 11.4 Å². The lowest BCUT2D eigenvalue weighted by Gasteiger charge is -2.27. The molecular weight excluding hydrogens is 392 g/mol. The highest BCUT2D eigenvalue weighted by Crippen LogP contribution is 2.22. The number of piperazine rings is 1. The van der Waals surface area contributed by atoms with Crippen LogP contribution in [0.4, 0.5) is 0 Å². The zero-order chi connectivity index (χ0) is 18.7. The van der Waals surface area contributed by atoms with E-state index in [1.807, 2.05) is 7.05 Å². The third-order valence-corrected chi connectivity index (χ3v) is 6.64. The van der Waals surface area contributed by atoms with Gasteiger partial charge in [-0.2, -0.15) is 4.31 Å². The largest absolute Gasteiger partial charge is 0.354 e. The molecule has 0 radical (unpaired) electrons. The molecule has 2 aliphatic heterocycles. The minimum absolute atomic E-state index is 0. The van der Waals surface area contributed by atoms with E-state index in [9.17, 15) is 18.0 Å². The third kappa shape index (κ3) is 4.60. The Kier molecular flexibility index (Phi) is 7.21. The van der Waals surface area contributed by atoms with Crippen molar-refractivity contribution in [1.29, 1.82) is 0 Å². The fourth-order valence-electron chi connectivity index (χ4n) is 3.48. The maximum Gasteiger partial charge on any atom is 0.254 e. The number of nitrogens with one attached hydrogen (secondary N) is 2. The lowest BCUT2D eigenvalue weighted by atomic mass is 10.1. The lowest BCUT2D eigenvalue weighted by molar-refractivity contribution is -0.122. The topological polar surface area (TPSA) is 98.8 Å². The lowest BCUT2D eigenvalue weighted by Crippen LogP contribution is -2.49. The zero-order valence-corrected chi connectivity index (χ0v) is 16.8. The molecule has 1 aromatic rings. The maximum atomic E-state index is 12.9. The van der Waals surface area contributed by atoms with Gasteiger partial charge in [0.1, 0.15) is 0 Å². The Labute approximate surface area is 165 Å². The highest BCUT2D eigenvalue weighted by atomic mass is 35.5. The number of benzene rings is 1. The number of nitrogens with zero attached hydrogens (tertiary/aromatic N) is 2. The van der Waals surface area contributed by atoms with Crippen molar-refractivity contribution >= 4 is 34.2 Å². The number of hydrogen-bond acceptors (Lipinski definition) is 5. The fourth-order valence-corrected chi connectivity index (χ4v) is 4.92. The van der Waals surface area contributed by atoms with Crippen molar-refractivity contribution in [2.45, 2.75) is 23.8 Å². The second kappa shape index (κ2) is 9.01. The first-order valence-corrected chi connectivity index (χ1v) is 10.2. The second-order valence-electron chi connectivity index (χ2n) is 6.57. The molecule has 2 amide bonds. The number of halogens is 1. The average molecular weight is 417 g/mol. The average Bonchev–Trinajstić information content (AvgIpc) is 3.10. The molecule has 1 aromatic carbocycles. The molecule has 2 saturated heterocycles. The van der Waals surface area contributed by atoms with E-state index in [0.29, 0.717) is 18.7 Å². The molecule has 0 aromatic heterocycles. The number of carbonyl (C=O) groups excluding carboxylic acids is 2. The van der Waals surface area contributed by atoms with Crippen LogP contribution in [0, 0.1) is 0 Å². The first-order valence-electron chi connectivity index (χ1n) is 8.76. The Balaban J connectivity index is 0.00000261. The molecule has 2 fully saturated rings. The van der Waals surface area contributed by atoms with Crippen LogP contribution in [0.1, 0.15) is 23.2 Å². The van der Waals surface area contributed by atoms with Crippen LogP contribution in [0.15, 0.2) is 29.2 Å². The number of carbonyl (C=O) groups is 2. The van der Waals surface area contributed by atoms with Gasteiger partial charge in [-0.05, 0) is 38.1 Å². The third-order valence-electron chi connectivity index (χ3n) is 4.80. The van der Waals surface area contributed by atoms with Crippen LogP contribution < -0.4 is 10.6 Å².